The normalized spacial score (nSPS) is 13.6. The van der Waals surface area contributed by atoms with Gasteiger partial charge >= 0.3 is 0 Å². The SMILES string of the molecule is O=C(c1cnc(N2CCCC2)nc1)N(Cc1ccccc1)c1ccccc1. The zero-order valence-corrected chi connectivity index (χ0v) is 15.2. The zero-order valence-electron chi connectivity index (χ0n) is 15.2. The predicted octanol–water partition coefficient (Wildman–Crippen LogP) is 3.92. The van der Waals surface area contributed by atoms with Gasteiger partial charge in [-0.05, 0) is 30.5 Å². The number of amides is 1. The van der Waals surface area contributed by atoms with Gasteiger partial charge in [-0.3, -0.25) is 4.79 Å². The molecule has 0 N–H and O–H groups in total. The van der Waals surface area contributed by atoms with E-state index in [2.05, 4.69) is 14.9 Å². The number of hydrogen-bond donors (Lipinski definition) is 0. The molecule has 136 valence electrons. The standard InChI is InChI=1S/C22H22N4O/c27-21(19-15-23-22(24-16-19)25-13-7-8-14-25)26(20-11-5-2-6-12-20)17-18-9-3-1-4-10-18/h1-6,9-12,15-16H,7-8,13-14,17H2. The molecule has 0 aliphatic carbocycles. The van der Waals surface area contributed by atoms with Crippen LogP contribution in [0.5, 0.6) is 0 Å². The van der Waals surface area contributed by atoms with Crippen molar-refractivity contribution in [1.82, 2.24) is 9.97 Å². The Morgan fingerprint density at radius 1 is 0.889 bits per heavy atom. The number of anilines is 2. The Bertz CT molecular complexity index is 875. The maximum Gasteiger partial charge on any atom is 0.261 e. The van der Waals surface area contributed by atoms with Gasteiger partial charge in [-0.2, -0.15) is 0 Å². The molecule has 0 unspecified atom stereocenters. The van der Waals surface area contributed by atoms with Crippen molar-refractivity contribution in [1.29, 1.82) is 0 Å². The van der Waals surface area contributed by atoms with Crippen LogP contribution in [0.2, 0.25) is 0 Å². The van der Waals surface area contributed by atoms with E-state index in [4.69, 9.17) is 0 Å². The Morgan fingerprint density at radius 2 is 1.48 bits per heavy atom. The van der Waals surface area contributed by atoms with E-state index in [0.717, 1.165) is 24.3 Å². The molecule has 0 radical (unpaired) electrons. The summed E-state index contributed by atoms with van der Waals surface area (Å²) in [6.45, 7) is 2.46. The molecule has 4 rings (SSSR count). The number of rotatable bonds is 5. The van der Waals surface area contributed by atoms with Gasteiger partial charge in [-0.1, -0.05) is 48.5 Å². The van der Waals surface area contributed by atoms with E-state index >= 15 is 0 Å². The maximum atomic E-state index is 13.2. The number of hydrogen-bond acceptors (Lipinski definition) is 4. The molecular weight excluding hydrogens is 336 g/mol. The Kier molecular flexibility index (Phi) is 5.10. The van der Waals surface area contributed by atoms with Crippen molar-refractivity contribution in [2.45, 2.75) is 19.4 Å². The van der Waals surface area contributed by atoms with E-state index in [0.29, 0.717) is 18.1 Å². The second kappa shape index (κ2) is 7.99. The first kappa shape index (κ1) is 17.2. The second-order valence-corrected chi connectivity index (χ2v) is 6.68. The second-order valence-electron chi connectivity index (χ2n) is 6.68. The van der Waals surface area contributed by atoms with Gasteiger partial charge < -0.3 is 9.80 Å². The minimum Gasteiger partial charge on any atom is -0.341 e. The molecule has 1 aliphatic rings. The summed E-state index contributed by atoms with van der Waals surface area (Å²) in [6.07, 6.45) is 5.62. The summed E-state index contributed by atoms with van der Waals surface area (Å²) in [5.74, 6) is 0.608. The largest absolute Gasteiger partial charge is 0.341 e. The molecule has 0 bridgehead atoms. The fourth-order valence-corrected chi connectivity index (χ4v) is 3.32. The van der Waals surface area contributed by atoms with Crippen LogP contribution < -0.4 is 9.80 Å². The topological polar surface area (TPSA) is 49.3 Å². The summed E-state index contributed by atoms with van der Waals surface area (Å²) in [6, 6.07) is 19.7. The molecule has 27 heavy (non-hydrogen) atoms. The van der Waals surface area contributed by atoms with Crippen molar-refractivity contribution in [2.75, 3.05) is 22.9 Å². The molecule has 5 nitrogen and oxygen atoms in total. The molecule has 2 heterocycles. The summed E-state index contributed by atoms with van der Waals surface area (Å²) >= 11 is 0. The van der Waals surface area contributed by atoms with E-state index in [-0.39, 0.29) is 5.91 Å². The lowest BCUT2D eigenvalue weighted by Gasteiger charge is -2.23. The van der Waals surface area contributed by atoms with E-state index in [9.17, 15) is 4.79 Å². The van der Waals surface area contributed by atoms with Gasteiger partial charge in [0, 0.05) is 31.2 Å². The molecular formula is C22H22N4O. The predicted molar refractivity (Wildman–Crippen MR) is 107 cm³/mol. The summed E-state index contributed by atoms with van der Waals surface area (Å²) in [4.78, 5) is 26.0. The smallest absolute Gasteiger partial charge is 0.261 e. The number of para-hydroxylation sites is 1. The maximum absolute atomic E-state index is 13.2. The highest BCUT2D eigenvalue weighted by Crippen LogP contribution is 2.21. The molecule has 3 aromatic rings. The summed E-state index contributed by atoms with van der Waals surface area (Å²) in [5.41, 5.74) is 2.43. The third-order valence-corrected chi connectivity index (χ3v) is 4.77. The molecule has 1 aromatic heterocycles. The van der Waals surface area contributed by atoms with E-state index in [1.165, 1.54) is 12.8 Å². The molecule has 0 atom stereocenters. The highest BCUT2D eigenvalue weighted by molar-refractivity contribution is 6.05. The van der Waals surface area contributed by atoms with Crippen molar-refractivity contribution < 1.29 is 4.79 Å². The van der Waals surface area contributed by atoms with Gasteiger partial charge in [0.15, 0.2) is 0 Å². The molecule has 0 saturated carbocycles. The average molecular weight is 358 g/mol. The number of nitrogens with zero attached hydrogens (tertiary/aromatic N) is 4. The summed E-state index contributed by atoms with van der Waals surface area (Å²) in [5, 5.41) is 0. The van der Waals surface area contributed by atoms with Gasteiger partial charge in [0.2, 0.25) is 5.95 Å². The third-order valence-electron chi connectivity index (χ3n) is 4.77. The monoisotopic (exact) mass is 358 g/mol. The Labute approximate surface area is 159 Å². The van der Waals surface area contributed by atoms with Crippen LogP contribution in [-0.2, 0) is 6.54 Å². The number of aromatic nitrogens is 2. The van der Waals surface area contributed by atoms with Crippen molar-refractivity contribution >= 4 is 17.5 Å². The van der Waals surface area contributed by atoms with E-state index in [1.807, 2.05) is 60.7 Å². The zero-order chi connectivity index (χ0) is 18.5. The number of carbonyl (C=O) groups excluding carboxylic acids is 1. The fourth-order valence-electron chi connectivity index (χ4n) is 3.32. The van der Waals surface area contributed by atoms with Crippen molar-refractivity contribution in [3.63, 3.8) is 0 Å². The first-order valence-electron chi connectivity index (χ1n) is 9.29. The summed E-state index contributed by atoms with van der Waals surface area (Å²) < 4.78 is 0. The van der Waals surface area contributed by atoms with Crippen LogP contribution in [0.3, 0.4) is 0 Å². The van der Waals surface area contributed by atoms with E-state index in [1.54, 1.807) is 17.3 Å². The van der Waals surface area contributed by atoms with Crippen LogP contribution in [0.15, 0.2) is 73.1 Å². The minimum atomic E-state index is -0.0991. The third kappa shape index (κ3) is 3.97. The van der Waals surface area contributed by atoms with Crippen LogP contribution >= 0.6 is 0 Å². The summed E-state index contributed by atoms with van der Waals surface area (Å²) in [7, 11) is 0. The van der Waals surface area contributed by atoms with Crippen molar-refractivity contribution in [2.24, 2.45) is 0 Å². The highest BCUT2D eigenvalue weighted by Gasteiger charge is 2.20. The molecule has 1 aliphatic heterocycles. The molecule has 5 heteroatoms. The molecule has 1 saturated heterocycles. The molecule has 0 spiro atoms. The first-order valence-corrected chi connectivity index (χ1v) is 9.29. The van der Waals surface area contributed by atoms with Gasteiger partial charge in [-0.15, -0.1) is 0 Å². The molecule has 1 amide bonds. The van der Waals surface area contributed by atoms with Gasteiger partial charge in [0.1, 0.15) is 0 Å². The quantitative estimate of drug-likeness (QED) is 0.693. The van der Waals surface area contributed by atoms with Crippen LogP contribution in [-0.4, -0.2) is 29.0 Å². The minimum absolute atomic E-state index is 0.0991. The Balaban J connectivity index is 1.60. The lowest BCUT2D eigenvalue weighted by Crippen LogP contribution is -2.31. The van der Waals surface area contributed by atoms with Gasteiger partial charge in [0.25, 0.3) is 5.91 Å². The Hall–Kier alpha value is -3.21. The molecule has 2 aromatic carbocycles. The Morgan fingerprint density at radius 3 is 2.11 bits per heavy atom. The van der Waals surface area contributed by atoms with Crippen molar-refractivity contribution in [3.8, 4) is 0 Å². The van der Waals surface area contributed by atoms with Crippen LogP contribution in [0, 0.1) is 0 Å². The fraction of sp³-hybridized carbons (Fsp3) is 0.227. The van der Waals surface area contributed by atoms with Crippen molar-refractivity contribution in [3.05, 3.63) is 84.2 Å². The number of carbonyl (C=O) groups is 1. The van der Waals surface area contributed by atoms with Crippen LogP contribution in [0.25, 0.3) is 0 Å². The van der Waals surface area contributed by atoms with Crippen LogP contribution in [0.4, 0.5) is 11.6 Å². The lowest BCUT2D eigenvalue weighted by atomic mass is 10.1. The van der Waals surface area contributed by atoms with Gasteiger partial charge in [-0.25, -0.2) is 9.97 Å². The average Bonchev–Trinajstić information content (AvgIpc) is 3.28. The number of benzene rings is 2. The molecule has 1 fully saturated rings. The van der Waals surface area contributed by atoms with Crippen LogP contribution in [0.1, 0.15) is 28.8 Å². The van der Waals surface area contributed by atoms with Gasteiger partial charge in [0.05, 0.1) is 12.1 Å². The lowest BCUT2D eigenvalue weighted by molar-refractivity contribution is 0.0984. The highest BCUT2D eigenvalue weighted by atomic mass is 16.2. The van der Waals surface area contributed by atoms with E-state index < -0.39 is 0 Å². The first-order chi connectivity index (χ1) is 13.3.